The Bertz CT molecular complexity index is 1600. The molecule has 4 aromatic rings. The van der Waals surface area contributed by atoms with E-state index in [1.807, 2.05) is 88.4 Å². The third-order valence-electron chi connectivity index (χ3n) is 7.45. The zero-order valence-electron chi connectivity index (χ0n) is 23.1. The number of aryl methyl sites for hydroxylation is 1. The zero-order chi connectivity index (χ0) is 28.4. The van der Waals surface area contributed by atoms with Crippen LogP contribution in [0, 0.1) is 12.3 Å². The van der Waals surface area contributed by atoms with Crippen LogP contribution in [0.4, 0.5) is 22.7 Å². The molecule has 2 N–H and O–H groups in total. The normalized spacial score (nSPS) is 12.4. The molecule has 5 rings (SSSR count). The molecule has 1 aliphatic rings. The number of fused-ring (bicyclic) bond motifs is 2. The molecule has 6 heteroatoms. The van der Waals surface area contributed by atoms with Crippen molar-refractivity contribution in [1.29, 1.82) is 0 Å². The smallest absolute Gasteiger partial charge is 0.311 e. The van der Waals surface area contributed by atoms with Gasteiger partial charge in [-0.25, -0.2) is 0 Å². The molecule has 0 heterocycles. The van der Waals surface area contributed by atoms with Crippen molar-refractivity contribution in [3.05, 3.63) is 118 Å². The van der Waals surface area contributed by atoms with Gasteiger partial charge in [-0.3, -0.25) is 14.4 Å². The lowest BCUT2D eigenvalue weighted by Gasteiger charge is -2.24. The first kappa shape index (κ1) is 26.9. The monoisotopic (exact) mass is 532 g/mol. The van der Waals surface area contributed by atoms with Gasteiger partial charge in [0.25, 0.3) is 0 Å². The van der Waals surface area contributed by atoms with Crippen molar-refractivity contribution in [3.8, 4) is 0 Å². The summed E-state index contributed by atoms with van der Waals surface area (Å²) in [6.45, 7) is 7.89. The summed E-state index contributed by atoms with van der Waals surface area (Å²) in [5.74, 6) is -0.635. The fourth-order valence-corrected chi connectivity index (χ4v) is 4.55. The summed E-state index contributed by atoms with van der Waals surface area (Å²) in [5.41, 5.74) is 5.60. The quantitative estimate of drug-likeness (QED) is 0.199. The van der Waals surface area contributed by atoms with Gasteiger partial charge in [0.15, 0.2) is 11.6 Å². The molecule has 40 heavy (non-hydrogen) atoms. The maximum absolute atomic E-state index is 13.8. The van der Waals surface area contributed by atoms with Crippen molar-refractivity contribution in [1.82, 2.24) is 0 Å². The van der Waals surface area contributed by atoms with Crippen LogP contribution < -0.4 is 10.6 Å². The highest BCUT2D eigenvalue weighted by atomic mass is 16.5. The summed E-state index contributed by atoms with van der Waals surface area (Å²) in [7, 11) is 0. The van der Waals surface area contributed by atoms with E-state index < -0.39 is 5.41 Å². The molecule has 202 valence electrons. The number of carbonyl (C=O) groups is 3. The Balaban J connectivity index is 1.45. The minimum Gasteiger partial charge on any atom is -0.460 e. The van der Waals surface area contributed by atoms with Crippen molar-refractivity contribution < 1.29 is 19.1 Å². The van der Waals surface area contributed by atoms with Crippen molar-refractivity contribution in [3.63, 3.8) is 0 Å². The summed E-state index contributed by atoms with van der Waals surface area (Å²) >= 11 is 0. The van der Waals surface area contributed by atoms with Crippen molar-refractivity contribution in [2.45, 2.75) is 40.7 Å². The van der Waals surface area contributed by atoms with Crippen molar-refractivity contribution >= 4 is 40.3 Å². The summed E-state index contributed by atoms with van der Waals surface area (Å²) in [5, 5.41) is 6.66. The van der Waals surface area contributed by atoms with E-state index in [0.29, 0.717) is 40.0 Å². The first-order chi connectivity index (χ1) is 19.2. The van der Waals surface area contributed by atoms with Gasteiger partial charge in [0.1, 0.15) is 6.61 Å². The molecule has 0 amide bonds. The number of carbonyl (C=O) groups excluding carboxylic acids is 3. The van der Waals surface area contributed by atoms with Crippen LogP contribution in [0.5, 0.6) is 0 Å². The molecular weight excluding hydrogens is 500 g/mol. The van der Waals surface area contributed by atoms with Crippen LogP contribution >= 0.6 is 0 Å². The standard InChI is InChI=1S/C34H32N2O4/c1-5-34(3,4)33(39)40-20-22-12-16-24(17-13-22)36-28-19-18-27(35-23-14-10-21(2)11-15-23)29-30(28)32(38)26-9-7-6-8-25(26)31(29)37/h6-19,35-36H,5,20H2,1-4H3. The second kappa shape index (κ2) is 10.8. The molecule has 0 aliphatic heterocycles. The Morgan fingerprint density at radius 2 is 1.20 bits per heavy atom. The fraction of sp³-hybridized carbons (Fsp3) is 0.206. The molecule has 0 atom stereocenters. The second-order valence-corrected chi connectivity index (χ2v) is 10.7. The van der Waals surface area contributed by atoms with Crippen LogP contribution in [0.25, 0.3) is 0 Å². The molecule has 1 aliphatic carbocycles. The Morgan fingerprint density at radius 1 is 0.725 bits per heavy atom. The summed E-state index contributed by atoms with van der Waals surface area (Å²) in [6.07, 6.45) is 0.698. The molecule has 0 radical (unpaired) electrons. The average Bonchev–Trinajstić information content (AvgIpc) is 2.97. The van der Waals surface area contributed by atoms with Crippen molar-refractivity contribution in [2.75, 3.05) is 10.6 Å². The number of esters is 1. The minimum absolute atomic E-state index is 0.182. The van der Waals surface area contributed by atoms with E-state index in [2.05, 4.69) is 10.6 Å². The number of ether oxygens (including phenoxy) is 1. The number of hydrogen-bond donors (Lipinski definition) is 2. The average molecular weight is 533 g/mol. The van der Waals surface area contributed by atoms with Crippen LogP contribution in [0.1, 0.15) is 70.2 Å². The van der Waals surface area contributed by atoms with Crippen LogP contribution in [0.3, 0.4) is 0 Å². The first-order valence-electron chi connectivity index (χ1n) is 13.4. The first-order valence-corrected chi connectivity index (χ1v) is 13.4. The van der Waals surface area contributed by atoms with Gasteiger partial charge < -0.3 is 15.4 Å². The number of ketones is 2. The number of benzene rings is 4. The number of hydrogen-bond acceptors (Lipinski definition) is 6. The Labute approximate surface area is 234 Å². The van der Waals surface area contributed by atoms with E-state index in [-0.39, 0.29) is 24.1 Å². The highest BCUT2D eigenvalue weighted by Crippen LogP contribution is 2.38. The molecule has 0 saturated heterocycles. The van der Waals surface area contributed by atoms with Gasteiger partial charge in [-0.1, -0.05) is 61.0 Å². The molecule has 0 saturated carbocycles. The number of rotatable bonds is 8. The minimum atomic E-state index is -0.524. The lowest BCUT2D eigenvalue weighted by Crippen LogP contribution is -2.25. The molecule has 0 fully saturated rings. The largest absolute Gasteiger partial charge is 0.460 e. The third-order valence-corrected chi connectivity index (χ3v) is 7.45. The maximum atomic E-state index is 13.8. The van der Waals surface area contributed by atoms with E-state index in [9.17, 15) is 14.4 Å². The van der Waals surface area contributed by atoms with Crippen LogP contribution in [-0.2, 0) is 16.1 Å². The summed E-state index contributed by atoms with van der Waals surface area (Å²) < 4.78 is 5.50. The molecular formula is C34H32N2O4. The van der Waals surface area contributed by atoms with E-state index in [4.69, 9.17) is 4.74 Å². The van der Waals surface area contributed by atoms with Gasteiger partial charge in [-0.05, 0) is 69.2 Å². The predicted octanol–water partition coefficient (Wildman–Crippen LogP) is 7.74. The van der Waals surface area contributed by atoms with Crippen molar-refractivity contribution in [2.24, 2.45) is 5.41 Å². The van der Waals surface area contributed by atoms with Gasteiger partial charge in [0.05, 0.1) is 27.9 Å². The van der Waals surface area contributed by atoms with Gasteiger partial charge in [-0.15, -0.1) is 0 Å². The molecule has 4 aromatic carbocycles. The van der Waals surface area contributed by atoms with E-state index in [1.165, 1.54) is 0 Å². The lowest BCUT2D eigenvalue weighted by molar-refractivity contribution is -0.155. The number of nitrogens with one attached hydrogen (secondary N) is 2. The Hall–Kier alpha value is -4.71. The molecule has 0 spiro atoms. The Morgan fingerprint density at radius 3 is 1.68 bits per heavy atom. The summed E-state index contributed by atoms with van der Waals surface area (Å²) in [4.78, 5) is 39.8. The van der Waals surface area contributed by atoms with Gasteiger partial charge in [0.2, 0.25) is 0 Å². The van der Waals surface area contributed by atoms with Gasteiger partial charge in [-0.2, -0.15) is 0 Å². The summed E-state index contributed by atoms with van der Waals surface area (Å²) in [6, 6.07) is 25.9. The van der Waals surface area contributed by atoms with Gasteiger partial charge in [0, 0.05) is 22.5 Å². The maximum Gasteiger partial charge on any atom is 0.311 e. The lowest BCUT2D eigenvalue weighted by atomic mass is 9.82. The molecule has 6 nitrogen and oxygen atoms in total. The predicted molar refractivity (Wildman–Crippen MR) is 158 cm³/mol. The number of anilines is 4. The second-order valence-electron chi connectivity index (χ2n) is 10.7. The van der Waals surface area contributed by atoms with Crippen LogP contribution in [-0.4, -0.2) is 17.5 Å². The molecule has 0 aromatic heterocycles. The highest BCUT2D eigenvalue weighted by Gasteiger charge is 2.34. The molecule has 0 unspecified atom stereocenters. The van der Waals surface area contributed by atoms with E-state index >= 15 is 0 Å². The van der Waals surface area contributed by atoms with E-state index in [1.54, 1.807) is 24.3 Å². The SMILES string of the molecule is CCC(C)(C)C(=O)OCc1ccc(Nc2ccc(Nc3ccc(C)cc3)c3c2C(=O)c2ccccc2C3=O)cc1. The Kier molecular flexibility index (Phi) is 7.26. The van der Waals surface area contributed by atoms with Crippen LogP contribution in [0.2, 0.25) is 0 Å². The fourth-order valence-electron chi connectivity index (χ4n) is 4.55. The van der Waals surface area contributed by atoms with Gasteiger partial charge >= 0.3 is 5.97 Å². The molecule has 0 bridgehead atoms. The third kappa shape index (κ3) is 5.25. The van der Waals surface area contributed by atoms with Crippen LogP contribution in [0.15, 0.2) is 84.9 Å². The highest BCUT2D eigenvalue weighted by molar-refractivity contribution is 6.32. The topological polar surface area (TPSA) is 84.5 Å². The van der Waals surface area contributed by atoms with E-state index in [0.717, 1.165) is 22.5 Å². The zero-order valence-corrected chi connectivity index (χ0v) is 23.1.